The second-order valence-corrected chi connectivity index (χ2v) is 5.03. The molecule has 0 aliphatic carbocycles. The average molecular weight is 277 g/mol. The zero-order valence-electron chi connectivity index (χ0n) is 12.8. The predicted octanol–water partition coefficient (Wildman–Crippen LogP) is 3.67. The van der Waals surface area contributed by atoms with Crippen LogP contribution in [0.1, 0.15) is 51.6 Å². The molecule has 1 aromatic carbocycles. The summed E-state index contributed by atoms with van der Waals surface area (Å²) < 4.78 is 0. The Hall–Kier alpha value is -1.55. The number of carbonyl (C=O) groups is 1. The van der Waals surface area contributed by atoms with E-state index in [4.69, 9.17) is 0 Å². The van der Waals surface area contributed by atoms with Crippen LogP contribution in [-0.4, -0.2) is 19.1 Å². The average Bonchev–Trinajstić information content (AvgIpc) is 2.46. The first-order valence-corrected chi connectivity index (χ1v) is 7.55. The van der Waals surface area contributed by atoms with Crippen molar-refractivity contribution in [1.82, 2.24) is 10.6 Å². The number of unbranched alkanes of at least 4 members (excludes halogenated alkanes) is 1. The van der Waals surface area contributed by atoms with Gasteiger partial charge in [-0.1, -0.05) is 32.4 Å². The molecular formula is C16H27N3O. The van der Waals surface area contributed by atoms with Crippen molar-refractivity contribution in [3.05, 3.63) is 29.8 Å². The lowest BCUT2D eigenvalue weighted by Crippen LogP contribution is -2.29. The zero-order chi connectivity index (χ0) is 14.8. The fraction of sp³-hybridized carbons (Fsp3) is 0.562. The van der Waals surface area contributed by atoms with E-state index in [1.165, 1.54) is 5.56 Å². The molecule has 0 aromatic heterocycles. The molecule has 0 aliphatic heterocycles. The molecule has 4 nitrogen and oxygen atoms in total. The Morgan fingerprint density at radius 3 is 2.40 bits per heavy atom. The van der Waals surface area contributed by atoms with E-state index in [1.54, 1.807) is 0 Å². The molecule has 0 saturated carbocycles. The van der Waals surface area contributed by atoms with Crippen LogP contribution >= 0.6 is 0 Å². The predicted molar refractivity (Wildman–Crippen MR) is 85.1 cm³/mol. The summed E-state index contributed by atoms with van der Waals surface area (Å²) in [5.41, 5.74) is 2.06. The molecule has 0 saturated heterocycles. The van der Waals surface area contributed by atoms with Gasteiger partial charge in [0.05, 0.1) is 0 Å². The molecule has 0 heterocycles. The lowest BCUT2D eigenvalue weighted by molar-refractivity contribution is 0.252. The van der Waals surface area contributed by atoms with E-state index in [9.17, 15) is 4.79 Å². The molecule has 1 rings (SSSR count). The van der Waals surface area contributed by atoms with E-state index in [-0.39, 0.29) is 6.03 Å². The number of carbonyl (C=O) groups excluding carboxylic acids is 1. The van der Waals surface area contributed by atoms with Gasteiger partial charge in [0, 0.05) is 18.3 Å². The van der Waals surface area contributed by atoms with Gasteiger partial charge < -0.3 is 16.0 Å². The van der Waals surface area contributed by atoms with Gasteiger partial charge in [-0.15, -0.1) is 0 Å². The van der Waals surface area contributed by atoms with Crippen molar-refractivity contribution in [3.8, 4) is 0 Å². The van der Waals surface area contributed by atoms with E-state index < -0.39 is 0 Å². The summed E-state index contributed by atoms with van der Waals surface area (Å²) in [5.74, 6) is 0. The summed E-state index contributed by atoms with van der Waals surface area (Å²) >= 11 is 0. The van der Waals surface area contributed by atoms with E-state index in [0.717, 1.165) is 38.0 Å². The number of hydrogen-bond acceptors (Lipinski definition) is 2. The number of amides is 2. The lowest BCUT2D eigenvalue weighted by Gasteiger charge is -2.14. The number of benzene rings is 1. The van der Waals surface area contributed by atoms with Crippen molar-refractivity contribution in [2.24, 2.45) is 0 Å². The van der Waals surface area contributed by atoms with Crippen molar-refractivity contribution in [2.75, 3.05) is 18.4 Å². The molecule has 1 unspecified atom stereocenters. The molecule has 112 valence electrons. The molecule has 2 amide bonds. The Labute approximate surface area is 122 Å². The van der Waals surface area contributed by atoms with Crippen molar-refractivity contribution in [1.29, 1.82) is 0 Å². The molecule has 20 heavy (non-hydrogen) atoms. The SMILES string of the molecule is CCCCNC(=O)Nc1ccc(C(C)NCCC)cc1. The summed E-state index contributed by atoms with van der Waals surface area (Å²) in [5, 5.41) is 9.12. The van der Waals surface area contributed by atoms with Gasteiger partial charge in [0.2, 0.25) is 0 Å². The van der Waals surface area contributed by atoms with Gasteiger partial charge in [0.1, 0.15) is 0 Å². The Kier molecular flexibility index (Phi) is 7.73. The first kappa shape index (κ1) is 16.5. The van der Waals surface area contributed by atoms with E-state index in [2.05, 4.69) is 48.9 Å². The molecule has 4 heteroatoms. The third kappa shape index (κ3) is 6.06. The van der Waals surface area contributed by atoms with Crippen LogP contribution in [0.15, 0.2) is 24.3 Å². The minimum Gasteiger partial charge on any atom is -0.338 e. The molecule has 1 atom stereocenters. The fourth-order valence-corrected chi connectivity index (χ4v) is 1.89. The lowest BCUT2D eigenvalue weighted by atomic mass is 10.1. The molecule has 0 fully saturated rings. The normalized spacial score (nSPS) is 11.9. The van der Waals surface area contributed by atoms with Crippen molar-refractivity contribution >= 4 is 11.7 Å². The van der Waals surface area contributed by atoms with Gasteiger partial charge in [-0.3, -0.25) is 0 Å². The highest BCUT2D eigenvalue weighted by atomic mass is 16.2. The monoisotopic (exact) mass is 277 g/mol. The Bertz CT molecular complexity index is 389. The summed E-state index contributed by atoms with van der Waals surface area (Å²) in [6, 6.07) is 8.19. The van der Waals surface area contributed by atoms with E-state index in [1.807, 2.05) is 12.1 Å². The Balaban J connectivity index is 2.43. The standard InChI is InChI=1S/C16H27N3O/c1-4-6-12-18-16(20)19-15-9-7-14(8-10-15)13(3)17-11-5-2/h7-10,13,17H,4-6,11-12H2,1-3H3,(H2,18,19,20). The van der Waals surface area contributed by atoms with Crippen LogP contribution in [0.3, 0.4) is 0 Å². The summed E-state index contributed by atoms with van der Waals surface area (Å²) in [6.07, 6.45) is 3.21. The maximum atomic E-state index is 11.6. The van der Waals surface area contributed by atoms with Gasteiger partial charge in [-0.25, -0.2) is 4.79 Å². The highest BCUT2D eigenvalue weighted by Gasteiger charge is 2.05. The van der Waals surface area contributed by atoms with Crippen molar-refractivity contribution < 1.29 is 4.79 Å². The first-order valence-electron chi connectivity index (χ1n) is 7.55. The smallest absolute Gasteiger partial charge is 0.319 e. The third-order valence-corrected chi connectivity index (χ3v) is 3.18. The summed E-state index contributed by atoms with van der Waals surface area (Å²) in [7, 11) is 0. The maximum absolute atomic E-state index is 11.6. The second-order valence-electron chi connectivity index (χ2n) is 5.03. The second kappa shape index (κ2) is 9.37. The largest absolute Gasteiger partial charge is 0.338 e. The highest BCUT2D eigenvalue weighted by molar-refractivity contribution is 5.89. The molecule has 0 bridgehead atoms. The molecule has 0 spiro atoms. The summed E-state index contributed by atoms with van der Waals surface area (Å²) in [6.45, 7) is 8.14. The van der Waals surface area contributed by atoms with Crippen LogP contribution in [-0.2, 0) is 0 Å². The quantitative estimate of drug-likeness (QED) is 0.635. The number of nitrogens with one attached hydrogen (secondary N) is 3. The van der Waals surface area contributed by atoms with Gasteiger partial charge in [-0.2, -0.15) is 0 Å². The molecule has 3 N–H and O–H groups in total. The third-order valence-electron chi connectivity index (χ3n) is 3.18. The van der Waals surface area contributed by atoms with E-state index >= 15 is 0 Å². The molecule has 0 radical (unpaired) electrons. The topological polar surface area (TPSA) is 53.2 Å². The van der Waals surface area contributed by atoms with Gasteiger partial charge >= 0.3 is 6.03 Å². The van der Waals surface area contributed by atoms with Crippen LogP contribution in [0.25, 0.3) is 0 Å². The number of urea groups is 1. The van der Waals surface area contributed by atoms with Crippen LogP contribution in [0.5, 0.6) is 0 Å². The number of rotatable bonds is 8. The van der Waals surface area contributed by atoms with Crippen LogP contribution in [0.2, 0.25) is 0 Å². The molecule has 0 aliphatic rings. The van der Waals surface area contributed by atoms with Crippen molar-refractivity contribution in [2.45, 2.75) is 46.1 Å². The highest BCUT2D eigenvalue weighted by Crippen LogP contribution is 2.15. The maximum Gasteiger partial charge on any atom is 0.319 e. The molecule has 1 aromatic rings. The first-order chi connectivity index (χ1) is 9.67. The minimum atomic E-state index is -0.136. The van der Waals surface area contributed by atoms with Gasteiger partial charge in [0.25, 0.3) is 0 Å². The van der Waals surface area contributed by atoms with Crippen LogP contribution in [0, 0.1) is 0 Å². The van der Waals surface area contributed by atoms with E-state index in [0.29, 0.717) is 6.04 Å². The number of hydrogen-bond donors (Lipinski definition) is 3. The fourth-order valence-electron chi connectivity index (χ4n) is 1.89. The van der Waals surface area contributed by atoms with Gasteiger partial charge in [0.15, 0.2) is 0 Å². The van der Waals surface area contributed by atoms with Crippen LogP contribution < -0.4 is 16.0 Å². The van der Waals surface area contributed by atoms with Crippen LogP contribution in [0.4, 0.5) is 10.5 Å². The van der Waals surface area contributed by atoms with Gasteiger partial charge in [-0.05, 0) is 44.0 Å². The zero-order valence-corrected chi connectivity index (χ0v) is 12.8. The Morgan fingerprint density at radius 1 is 1.10 bits per heavy atom. The molecular weight excluding hydrogens is 250 g/mol. The number of anilines is 1. The Morgan fingerprint density at radius 2 is 1.80 bits per heavy atom. The summed E-state index contributed by atoms with van der Waals surface area (Å²) in [4.78, 5) is 11.6. The van der Waals surface area contributed by atoms with Crippen molar-refractivity contribution in [3.63, 3.8) is 0 Å². The minimum absolute atomic E-state index is 0.136.